The lowest BCUT2D eigenvalue weighted by molar-refractivity contribution is -0.127. The number of thiophene rings is 1. The summed E-state index contributed by atoms with van der Waals surface area (Å²) in [5, 5.41) is 10.7. The second kappa shape index (κ2) is 8.50. The molecule has 8 nitrogen and oxygen atoms in total. The molecule has 0 saturated carbocycles. The van der Waals surface area contributed by atoms with E-state index >= 15 is 0 Å². The number of nitrogens with zero attached hydrogens (tertiary/aromatic N) is 4. The smallest absolute Gasteiger partial charge is 0.248 e. The summed E-state index contributed by atoms with van der Waals surface area (Å²) in [6.07, 6.45) is 3.63. The molecule has 0 radical (unpaired) electrons. The van der Waals surface area contributed by atoms with Crippen molar-refractivity contribution in [3.63, 3.8) is 0 Å². The summed E-state index contributed by atoms with van der Waals surface area (Å²) < 4.78 is 2.00. The lowest BCUT2D eigenvalue weighted by Crippen LogP contribution is -2.42. The van der Waals surface area contributed by atoms with Crippen LogP contribution in [0.15, 0.2) is 5.16 Å². The molecule has 0 aliphatic heterocycles. The first-order chi connectivity index (χ1) is 14.4. The monoisotopic (exact) mass is 446 g/mol. The Morgan fingerprint density at radius 2 is 2.03 bits per heavy atom. The summed E-state index contributed by atoms with van der Waals surface area (Å²) >= 11 is 3.08. The molecule has 30 heavy (non-hydrogen) atoms. The number of thioether (sulfide) groups is 1. The number of nitrogens with one attached hydrogen (secondary N) is 2. The van der Waals surface area contributed by atoms with Crippen LogP contribution in [0.25, 0.3) is 15.9 Å². The number of rotatable bonds is 5. The van der Waals surface area contributed by atoms with Gasteiger partial charge in [-0.1, -0.05) is 39.5 Å². The number of fused-ring (bicyclic) bond motifs is 5. The zero-order chi connectivity index (χ0) is 21.4. The van der Waals surface area contributed by atoms with Gasteiger partial charge < -0.3 is 0 Å². The van der Waals surface area contributed by atoms with Gasteiger partial charge in [-0.15, -0.1) is 21.5 Å². The molecule has 3 aromatic rings. The van der Waals surface area contributed by atoms with E-state index in [9.17, 15) is 9.59 Å². The first-order valence-corrected chi connectivity index (χ1v) is 12.1. The van der Waals surface area contributed by atoms with E-state index in [1.165, 1.54) is 28.6 Å². The fraction of sp³-hybridized carbons (Fsp3) is 0.550. The van der Waals surface area contributed by atoms with Gasteiger partial charge >= 0.3 is 0 Å². The number of aryl methyl sites for hydroxylation is 1. The van der Waals surface area contributed by atoms with E-state index in [4.69, 9.17) is 4.98 Å². The van der Waals surface area contributed by atoms with Crippen LogP contribution in [0.1, 0.15) is 62.7 Å². The van der Waals surface area contributed by atoms with Gasteiger partial charge in [0.05, 0.1) is 11.1 Å². The molecule has 160 valence electrons. The molecule has 0 aromatic carbocycles. The van der Waals surface area contributed by atoms with E-state index in [1.807, 2.05) is 4.40 Å². The zero-order valence-electron chi connectivity index (χ0n) is 17.6. The molecule has 0 bridgehead atoms. The molecule has 2 N–H and O–H groups in total. The Bertz CT molecular complexity index is 1120. The largest absolute Gasteiger partial charge is 0.273 e. The summed E-state index contributed by atoms with van der Waals surface area (Å²) in [6, 6.07) is 0. The van der Waals surface area contributed by atoms with E-state index in [-0.39, 0.29) is 23.5 Å². The fourth-order valence-corrected chi connectivity index (χ4v) is 5.84. The second-order valence-corrected chi connectivity index (χ2v) is 10.1. The highest BCUT2D eigenvalue weighted by molar-refractivity contribution is 7.99. The number of hydrogen-bond donors (Lipinski definition) is 2. The Hall–Kier alpha value is -2.20. The molecule has 10 heteroatoms. The summed E-state index contributed by atoms with van der Waals surface area (Å²) in [5.74, 6) is 1.38. The normalized spacial score (nSPS) is 16.2. The number of aromatic nitrogens is 4. The van der Waals surface area contributed by atoms with Gasteiger partial charge in [-0.05, 0) is 30.7 Å². The van der Waals surface area contributed by atoms with Gasteiger partial charge in [0, 0.05) is 17.2 Å². The lowest BCUT2D eigenvalue weighted by Gasteiger charge is -2.17. The molecule has 2 amide bonds. The predicted molar refractivity (Wildman–Crippen MR) is 119 cm³/mol. The molecule has 3 heterocycles. The van der Waals surface area contributed by atoms with Crippen molar-refractivity contribution in [3.8, 4) is 0 Å². The van der Waals surface area contributed by atoms with E-state index < -0.39 is 0 Å². The molecule has 0 spiro atoms. The van der Waals surface area contributed by atoms with Crippen LogP contribution in [0.5, 0.6) is 0 Å². The summed E-state index contributed by atoms with van der Waals surface area (Å²) in [6.45, 7) is 8.23. The molecule has 1 atom stereocenters. The van der Waals surface area contributed by atoms with Crippen molar-refractivity contribution in [3.05, 3.63) is 16.3 Å². The third-order valence-corrected chi connectivity index (χ3v) is 7.38. The molecule has 0 saturated heterocycles. The van der Waals surface area contributed by atoms with Crippen molar-refractivity contribution >= 4 is 50.8 Å². The average molecular weight is 447 g/mol. The van der Waals surface area contributed by atoms with Gasteiger partial charge in [-0.3, -0.25) is 24.8 Å². The Morgan fingerprint density at radius 1 is 1.27 bits per heavy atom. The molecule has 0 fully saturated rings. The SMILES string of the molecule is CCC(=O)NNC(=O)CSc1nnc2c3c4c(sc3nc(C(C)C)n12)C[C@@H](C)CC4. The minimum atomic E-state index is -0.291. The van der Waals surface area contributed by atoms with Crippen LogP contribution in [0.4, 0.5) is 0 Å². The topological polar surface area (TPSA) is 101 Å². The summed E-state index contributed by atoms with van der Waals surface area (Å²) in [7, 11) is 0. The first-order valence-electron chi connectivity index (χ1n) is 10.3. The van der Waals surface area contributed by atoms with Gasteiger partial charge in [0.25, 0.3) is 0 Å². The molecule has 1 aliphatic rings. The highest BCUT2D eigenvalue weighted by atomic mass is 32.2. The number of carbonyl (C=O) groups excluding carboxylic acids is 2. The molecule has 0 unspecified atom stereocenters. The quantitative estimate of drug-likeness (QED) is 0.461. The van der Waals surface area contributed by atoms with Crippen molar-refractivity contribution in [2.24, 2.45) is 5.92 Å². The standard InChI is InChI=1S/C20H26N6O2S2/c1-5-14(27)22-23-15(28)9-29-20-25-24-18-16-12-7-6-11(4)8-13(12)30-19(16)21-17(10(2)3)26(18)20/h10-11H,5-9H2,1-4H3,(H,22,27)(H,23,28)/t11-/m0/s1. The average Bonchev–Trinajstić information content (AvgIpc) is 3.29. The second-order valence-electron chi connectivity index (χ2n) is 8.04. The minimum Gasteiger partial charge on any atom is -0.273 e. The number of hydrazine groups is 1. The number of carbonyl (C=O) groups is 2. The van der Waals surface area contributed by atoms with Gasteiger partial charge in [-0.25, -0.2) is 4.98 Å². The molecular weight excluding hydrogens is 420 g/mol. The van der Waals surface area contributed by atoms with Crippen LogP contribution >= 0.6 is 23.1 Å². The predicted octanol–water partition coefficient (Wildman–Crippen LogP) is 3.24. The maximum Gasteiger partial charge on any atom is 0.248 e. The van der Waals surface area contributed by atoms with E-state index in [0.717, 1.165) is 34.5 Å². The number of amides is 2. The van der Waals surface area contributed by atoms with Crippen molar-refractivity contribution in [1.29, 1.82) is 0 Å². The maximum atomic E-state index is 12.1. The van der Waals surface area contributed by atoms with Crippen molar-refractivity contribution in [2.45, 2.75) is 64.5 Å². The summed E-state index contributed by atoms with van der Waals surface area (Å²) in [5.41, 5.74) is 7.00. The molecular formula is C20H26N6O2S2. The van der Waals surface area contributed by atoms with Crippen LogP contribution in [0.2, 0.25) is 0 Å². The van der Waals surface area contributed by atoms with Crippen LogP contribution in [0.3, 0.4) is 0 Å². The molecule has 1 aliphatic carbocycles. The molecule has 3 aromatic heterocycles. The van der Waals surface area contributed by atoms with Gasteiger partial charge in [0.2, 0.25) is 11.8 Å². The zero-order valence-corrected chi connectivity index (χ0v) is 19.2. The maximum absolute atomic E-state index is 12.1. The van der Waals surface area contributed by atoms with Gasteiger partial charge in [-0.2, -0.15) is 0 Å². The van der Waals surface area contributed by atoms with Crippen LogP contribution in [0, 0.1) is 5.92 Å². The highest BCUT2D eigenvalue weighted by Crippen LogP contribution is 2.40. The Morgan fingerprint density at radius 3 is 2.77 bits per heavy atom. The highest BCUT2D eigenvalue weighted by Gasteiger charge is 2.26. The van der Waals surface area contributed by atoms with Crippen molar-refractivity contribution in [2.75, 3.05) is 5.75 Å². The number of hydrogen-bond acceptors (Lipinski definition) is 7. The van der Waals surface area contributed by atoms with E-state index in [2.05, 4.69) is 41.8 Å². The van der Waals surface area contributed by atoms with Crippen LogP contribution < -0.4 is 10.9 Å². The van der Waals surface area contributed by atoms with Crippen LogP contribution in [-0.2, 0) is 22.4 Å². The van der Waals surface area contributed by atoms with Crippen LogP contribution in [-0.4, -0.2) is 37.1 Å². The Labute approximate surface area is 183 Å². The van der Waals surface area contributed by atoms with Crippen molar-refractivity contribution in [1.82, 2.24) is 30.4 Å². The van der Waals surface area contributed by atoms with E-state index in [0.29, 0.717) is 17.5 Å². The van der Waals surface area contributed by atoms with E-state index in [1.54, 1.807) is 18.3 Å². The van der Waals surface area contributed by atoms with Crippen molar-refractivity contribution < 1.29 is 9.59 Å². The Kier molecular flexibility index (Phi) is 5.97. The minimum absolute atomic E-state index is 0.125. The fourth-order valence-electron chi connectivity index (χ4n) is 3.71. The summed E-state index contributed by atoms with van der Waals surface area (Å²) in [4.78, 5) is 30.9. The third-order valence-electron chi connectivity index (χ3n) is 5.31. The van der Waals surface area contributed by atoms with Gasteiger partial charge in [0.15, 0.2) is 10.8 Å². The lowest BCUT2D eigenvalue weighted by atomic mass is 9.89. The third kappa shape index (κ3) is 3.90. The molecule has 4 rings (SSSR count). The van der Waals surface area contributed by atoms with Gasteiger partial charge in [0.1, 0.15) is 10.7 Å². The Balaban J connectivity index is 1.69. The first kappa shape index (κ1) is 21.0.